The van der Waals surface area contributed by atoms with Gasteiger partial charge in [0.05, 0.1) is 26.4 Å². The lowest BCUT2D eigenvalue weighted by atomic mass is 10.00. The molecule has 1 aromatic carbocycles. The second-order valence-corrected chi connectivity index (χ2v) is 4.62. The molecule has 104 valence electrons. The number of benzene rings is 1. The smallest absolute Gasteiger partial charge is 0.161 e. The van der Waals surface area contributed by atoms with E-state index in [1.54, 1.807) is 32.2 Å². The summed E-state index contributed by atoms with van der Waals surface area (Å²) in [5.41, 5.74) is 5.68. The highest BCUT2D eigenvalue weighted by molar-refractivity contribution is 5.42. The van der Waals surface area contributed by atoms with Gasteiger partial charge in [-0.15, -0.1) is 0 Å². The molecule has 0 aliphatic heterocycles. The Labute approximate surface area is 113 Å². The van der Waals surface area contributed by atoms with E-state index >= 15 is 0 Å². The molecule has 5 heteroatoms. The molecule has 0 fully saturated rings. The van der Waals surface area contributed by atoms with Gasteiger partial charge in [-0.3, -0.25) is 0 Å². The first-order valence-corrected chi connectivity index (χ1v) is 6.13. The largest absolute Gasteiger partial charge is 0.493 e. The van der Waals surface area contributed by atoms with Crippen LogP contribution in [0.15, 0.2) is 18.2 Å². The summed E-state index contributed by atoms with van der Waals surface area (Å²) in [5.74, 6) is 1.21. The molecule has 0 amide bonds. The quantitative estimate of drug-likeness (QED) is 0.730. The van der Waals surface area contributed by atoms with E-state index < -0.39 is 5.54 Å². The van der Waals surface area contributed by atoms with Crippen LogP contribution in [0.3, 0.4) is 0 Å². The predicted molar refractivity (Wildman–Crippen MR) is 71.9 cm³/mol. The predicted octanol–water partition coefficient (Wildman–Crippen LogP) is 1.59. The van der Waals surface area contributed by atoms with Gasteiger partial charge < -0.3 is 20.3 Å². The van der Waals surface area contributed by atoms with E-state index in [2.05, 4.69) is 0 Å². The fourth-order valence-corrected chi connectivity index (χ4v) is 1.61. The number of aliphatic hydroxyl groups excluding tert-OH is 1. The Bertz CT molecular complexity index is 452. The molecule has 0 saturated carbocycles. The van der Waals surface area contributed by atoms with E-state index in [9.17, 15) is 0 Å². The molecule has 0 radical (unpaired) electrons. The summed E-state index contributed by atoms with van der Waals surface area (Å²) in [6.07, 6.45) is 1.26. The zero-order chi connectivity index (χ0) is 14.3. The highest BCUT2D eigenvalue weighted by Crippen LogP contribution is 2.28. The van der Waals surface area contributed by atoms with Gasteiger partial charge in [-0.25, -0.2) is 0 Å². The van der Waals surface area contributed by atoms with Crippen molar-refractivity contribution in [2.45, 2.75) is 31.9 Å². The summed E-state index contributed by atoms with van der Waals surface area (Å²) in [6, 6.07) is 7.32. The van der Waals surface area contributed by atoms with Gasteiger partial charge in [-0.05, 0) is 37.5 Å². The van der Waals surface area contributed by atoms with E-state index in [1.807, 2.05) is 6.07 Å². The Morgan fingerprint density at radius 2 is 2.16 bits per heavy atom. The van der Waals surface area contributed by atoms with Crippen LogP contribution in [0.1, 0.15) is 25.3 Å². The van der Waals surface area contributed by atoms with Crippen molar-refractivity contribution in [3.8, 4) is 17.6 Å². The van der Waals surface area contributed by atoms with Crippen LogP contribution in [0.5, 0.6) is 11.5 Å². The molecule has 19 heavy (non-hydrogen) atoms. The summed E-state index contributed by atoms with van der Waals surface area (Å²) >= 11 is 0. The van der Waals surface area contributed by atoms with Crippen molar-refractivity contribution < 1.29 is 14.6 Å². The van der Waals surface area contributed by atoms with E-state index in [1.165, 1.54) is 0 Å². The minimum atomic E-state index is -0.811. The van der Waals surface area contributed by atoms with Gasteiger partial charge in [-0.2, -0.15) is 5.26 Å². The Kier molecular flexibility index (Phi) is 5.61. The Hall–Kier alpha value is -1.77. The number of nitrogens with two attached hydrogens (primary N) is 1. The number of ether oxygens (including phenoxy) is 2. The van der Waals surface area contributed by atoms with E-state index in [4.69, 9.17) is 25.6 Å². The van der Waals surface area contributed by atoms with Gasteiger partial charge in [-0.1, -0.05) is 6.07 Å². The molecule has 1 unspecified atom stereocenters. The van der Waals surface area contributed by atoms with Crippen LogP contribution in [0.25, 0.3) is 0 Å². The maximum atomic E-state index is 9.04. The number of nitriles is 1. The van der Waals surface area contributed by atoms with Crippen LogP contribution in [0, 0.1) is 11.3 Å². The molecule has 0 saturated heterocycles. The highest BCUT2D eigenvalue weighted by Gasteiger charge is 2.16. The third-order valence-electron chi connectivity index (χ3n) is 2.76. The molecule has 3 N–H and O–H groups in total. The SMILES string of the molecule is COc1cc(CO)ccc1OCCCC(C)(N)C#N. The average molecular weight is 264 g/mol. The summed E-state index contributed by atoms with van der Waals surface area (Å²) in [4.78, 5) is 0. The fraction of sp³-hybridized carbons (Fsp3) is 0.500. The Morgan fingerprint density at radius 1 is 1.42 bits per heavy atom. The molecule has 0 heterocycles. The van der Waals surface area contributed by atoms with E-state index in [-0.39, 0.29) is 6.61 Å². The second-order valence-electron chi connectivity index (χ2n) is 4.62. The summed E-state index contributed by atoms with van der Waals surface area (Å²) in [7, 11) is 1.55. The topological polar surface area (TPSA) is 88.5 Å². The molecule has 1 aromatic rings. The van der Waals surface area contributed by atoms with Crippen molar-refractivity contribution in [1.82, 2.24) is 0 Å². The van der Waals surface area contributed by atoms with Crippen LogP contribution in [-0.2, 0) is 6.61 Å². The molecule has 0 aliphatic rings. The van der Waals surface area contributed by atoms with Crippen LogP contribution in [0.4, 0.5) is 0 Å². The second kappa shape index (κ2) is 6.98. The van der Waals surface area contributed by atoms with Crippen molar-refractivity contribution in [2.75, 3.05) is 13.7 Å². The molecule has 5 nitrogen and oxygen atoms in total. The summed E-state index contributed by atoms with van der Waals surface area (Å²) < 4.78 is 10.8. The molecule has 0 aromatic heterocycles. The van der Waals surface area contributed by atoms with Crippen molar-refractivity contribution in [1.29, 1.82) is 5.26 Å². The molecule has 1 rings (SSSR count). The lowest BCUT2D eigenvalue weighted by Crippen LogP contribution is -2.34. The number of methoxy groups -OCH3 is 1. The standard InChI is InChI=1S/C14H20N2O3/c1-14(16,10-15)6-3-7-19-12-5-4-11(9-17)8-13(12)18-2/h4-5,8,17H,3,6-7,9,16H2,1-2H3. The number of aliphatic hydroxyl groups is 1. The van der Waals surface area contributed by atoms with Crippen molar-refractivity contribution in [3.05, 3.63) is 23.8 Å². The van der Waals surface area contributed by atoms with Gasteiger partial charge in [0.2, 0.25) is 0 Å². The van der Waals surface area contributed by atoms with Crippen molar-refractivity contribution in [2.24, 2.45) is 5.73 Å². The first kappa shape index (κ1) is 15.3. The molecule has 0 bridgehead atoms. The maximum absolute atomic E-state index is 9.04. The number of nitrogens with zero attached hydrogens (tertiary/aromatic N) is 1. The van der Waals surface area contributed by atoms with Crippen molar-refractivity contribution >= 4 is 0 Å². The Balaban J connectivity index is 2.52. The minimum Gasteiger partial charge on any atom is -0.493 e. The first-order chi connectivity index (χ1) is 9.02. The van der Waals surface area contributed by atoms with Crippen molar-refractivity contribution in [3.63, 3.8) is 0 Å². The molecular formula is C14H20N2O3. The molecule has 0 aliphatic carbocycles. The number of hydrogen-bond donors (Lipinski definition) is 2. The zero-order valence-corrected chi connectivity index (χ0v) is 11.3. The van der Waals surface area contributed by atoms with Gasteiger partial charge in [0, 0.05) is 0 Å². The van der Waals surface area contributed by atoms with E-state index in [0.29, 0.717) is 30.9 Å². The summed E-state index contributed by atoms with van der Waals surface area (Å²) in [6.45, 7) is 2.12. The third-order valence-corrected chi connectivity index (χ3v) is 2.76. The van der Waals surface area contributed by atoms with Crippen LogP contribution < -0.4 is 15.2 Å². The number of rotatable bonds is 7. The Morgan fingerprint density at radius 3 is 2.74 bits per heavy atom. The van der Waals surface area contributed by atoms with Crippen LogP contribution in [-0.4, -0.2) is 24.4 Å². The normalized spacial score (nSPS) is 13.4. The number of hydrogen-bond acceptors (Lipinski definition) is 5. The van der Waals surface area contributed by atoms with Gasteiger partial charge in [0.25, 0.3) is 0 Å². The zero-order valence-electron chi connectivity index (χ0n) is 11.3. The monoisotopic (exact) mass is 264 g/mol. The molecule has 0 spiro atoms. The maximum Gasteiger partial charge on any atom is 0.161 e. The lowest BCUT2D eigenvalue weighted by Gasteiger charge is -2.16. The minimum absolute atomic E-state index is 0.0374. The fourth-order valence-electron chi connectivity index (χ4n) is 1.61. The van der Waals surface area contributed by atoms with E-state index in [0.717, 1.165) is 5.56 Å². The molecular weight excluding hydrogens is 244 g/mol. The third kappa shape index (κ3) is 4.78. The van der Waals surface area contributed by atoms with Crippen LogP contribution in [0.2, 0.25) is 0 Å². The van der Waals surface area contributed by atoms with Gasteiger partial charge >= 0.3 is 0 Å². The van der Waals surface area contributed by atoms with Gasteiger partial charge in [0.1, 0.15) is 5.54 Å². The molecule has 1 atom stereocenters. The lowest BCUT2D eigenvalue weighted by molar-refractivity contribution is 0.272. The van der Waals surface area contributed by atoms with Gasteiger partial charge in [0.15, 0.2) is 11.5 Å². The average Bonchev–Trinajstić information content (AvgIpc) is 2.43. The highest BCUT2D eigenvalue weighted by atomic mass is 16.5. The van der Waals surface area contributed by atoms with Crippen LogP contribution >= 0.6 is 0 Å². The first-order valence-electron chi connectivity index (χ1n) is 6.13. The summed E-state index contributed by atoms with van der Waals surface area (Å²) in [5, 5.41) is 17.8.